The third-order valence-electron chi connectivity index (χ3n) is 4.18. The largest absolute Gasteiger partial charge is 0.497 e. The van der Waals surface area contributed by atoms with Gasteiger partial charge in [-0.2, -0.15) is 0 Å². The van der Waals surface area contributed by atoms with E-state index in [0.29, 0.717) is 17.9 Å². The average molecular weight is 392 g/mol. The number of carbonyl (C=O) groups excluding carboxylic acids is 1. The summed E-state index contributed by atoms with van der Waals surface area (Å²) in [6, 6.07) is 11.0. The van der Waals surface area contributed by atoms with Crippen molar-refractivity contribution in [1.82, 2.24) is 10.0 Å². The van der Waals surface area contributed by atoms with E-state index >= 15 is 0 Å². The van der Waals surface area contributed by atoms with Gasteiger partial charge in [-0.05, 0) is 42.3 Å². The first-order chi connectivity index (χ1) is 12.9. The summed E-state index contributed by atoms with van der Waals surface area (Å²) in [5.74, 6) is 0.573. The van der Waals surface area contributed by atoms with Crippen LogP contribution in [0.4, 0.5) is 0 Å². The van der Waals surface area contributed by atoms with Crippen LogP contribution in [-0.4, -0.2) is 35.6 Å². The number of amides is 1. The second kappa shape index (κ2) is 8.88. The third kappa shape index (κ3) is 4.78. The van der Waals surface area contributed by atoms with Gasteiger partial charge in [0.1, 0.15) is 11.5 Å². The van der Waals surface area contributed by atoms with Crippen molar-refractivity contribution < 1.29 is 22.7 Å². The number of benzene rings is 2. The lowest BCUT2D eigenvalue weighted by atomic mass is 10.1. The summed E-state index contributed by atoms with van der Waals surface area (Å²) in [7, 11) is 0.623. The second-order valence-electron chi connectivity index (χ2n) is 5.80. The minimum atomic E-state index is -3.84. The summed E-state index contributed by atoms with van der Waals surface area (Å²) in [4.78, 5) is 12.0. The molecule has 0 heterocycles. The SMILES string of the molecule is CC[C@H](NS(=O)(=O)c1ccc(OC)c(C(=O)NC)c1)c1ccc(OC)cc1. The molecule has 2 aromatic carbocycles. The molecule has 1 atom stereocenters. The Hall–Kier alpha value is -2.58. The van der Waals surface area contributed by atoms with Crippen molar-refractivity contribution in [2.45, 2.75) is 24.3 Å². The Labute approximate surface area is 159 Å². The second-order valence-corrected chi connectivity index (χ2v) is 7.51. The number of ether oxygens (including phenoxy) is 2. The van der Waals surface area contributed by atoms with Crippen LogP contribution in [-0.2, 0) is 10.0 Å². The molecule has 146 valence electrons. The molecule has 7 nitrogen and oxygen atoms in total. The van der Waals surface area contributed by atoms with Gasteiger partial charge in [-0.15, -0.1) is 0 Å². The molecule has 0 spiro atoms. The Morgan fingerprint density at radius 3 is 2.26 bits per heavy atom. The topological polar surface area (TPSA) is 93.7 Å². The van der Waals surface area contributed by atoms with Crippen LogP contribution in [0.3, 0.4) is 0 Å². The molecule has 0 saturated carbocycles. The lowest BCUT2D eigenvalue weighted by Crippen LogP contribution is -2.29. The van der Waals surface area contributed by atoms with Gasteiger partial charge in [0.2, 0.25) is 10.0 Å². The maximum atomic E-state index is 12.9. The zero-order chi connectivity index (χ0) is 20.0. The lowest BCUT2D eigenvalue weighted by Gasteiger charge is -2.18. The van der Waals surface area contributed by atoms with Crippen molar-refractivity contribution in [3.63, 3.8) is 0 Å². The Kier molecular flexibility index (Phi) is 6.81. The van der Waals surface area contributed by atoms with Crippen molar-refractivity contribution in [3.05, 3.63) is 53.6 Å². The van der Waals surface area contributed by atoms with Gasteiger partial charge in [-0.3, -0.25) is 4.79 Å². The molecule has 27 heavy (non-hydrogen) atoms. The molecule has 0 saturated heterocycles. The van der Waals surface area contributed by atoms with Crippen LogP contribution in [0, 0.1) is 0 Å². The van der Waals surface area contributed by atoms with Crippen molar-refractivity contribution in [2.24, 2.45) is 0 Å². The minimum absolute atomic E-state index is 0.00568. The Balaban J connectivity index is 2.34. The molecule has 0 radical (unpaired) electrons. The fraction of sp³-hybridized carbons (Fsp3) is 0.316. The number of rotatable bonds is 8. The first-order valence-corrected chi connectivity index (χ1v) is 9.91. The molecule has 1 amide bonds. The highest BCUT2D eigenvalue weighted by Gasteiger charge is 2.23. The van der Waals surface area contributed by atoms with Gasteiger partial charge < -0.3 is 14.8 Å². The van der Waals surface area contributed by atoms with Crippen LogP contribution < -0.4 is 19.5 Å². The molecule has 0 unspecified atom stereocenters. The Morgan fingerprint density at radius 2 is 1.74 bits per heavy atom. The van der Waals surface area contributed by atoms with Crippen LogP contribution in [0.15, 0.2) is 47.4 Å². The predicted molar refractivity (Wildman–Crippen MR) is 103 cm³/mol. The van der Waals surface area contributed by atoms with Crippen LogP contribution in [0.5, 0.6) is 11.5 Å². The van der Waals surface area contributed by atoms with Gasteiger partial charge in [0.15, 0.2) is 0 Å². The maximum Gasteiger partial charge on any atom is 0.254 e. The van der Waals surface area contributed by atoms with Gasteiger partial charge in [-0.1, -0.05) is 19.1 Å². The molecule has 2 aromatic rings. The molecule has 0 bridgehead atoms. The molecule has 0 aromatic heterocycles. The van der Waals surface area contributed by atoms with Crippen molar-refractivity contribution >= 4 is 15.9 Å². The fourth-order valence-electron chi connectivity index (χ4n) is 2.64. The molecule has 0 aliphatic heterocycles. The maximum absolute atomic E-state index is 12.9. The summed E-state index contributed by atoms with van der Waals surface area (Å²) >= 11 is 0. The monoisotopic (exact) mass is 392 g/mol. The van der Waals surface area contributed by atoms with Gasteiger partial charge in [0, 0.05) is 13.1 Å². The van der Waals surface area contributed by atoms with Gasteiger partial charge in [0.25, 0.3) is 5.91 Å². The number of hydrogen-bond acceptors (Lipinski definition) is 5. The van der Waals surface area contributed by atoms with Crippen LogP contribution in [0.2, 0.25) is 0 Å². The quantitative estimate of drug-likeness (QED) is 0.720. The summed E-state index contributed by atoms with van der Waals surface area (Å²) in [6.07, 6.45) is 0.560. The van der Waals surface area contributed by atoms with Crippen molar-refractivity contribution in [2.75, 3.05) is 21.3 Å². The van der Waals surface area contributed by atoms with E-state index < -0.39 is 22.0 Å². The van der Waals surface area contributed by atoms with E-state index in [-0.39, 0.29) is 10.5 Å². The van der Waals surface area contributed by atoms with Crippen molar-refractivity contribution in [1.29, 1.82) is 0 Å². The first-order valence-electron chi connectivity index (χ1n) is 8.42. The average Bonchev–Trinajstić information content (AvgIpc) is 2.71. The zero-order valence-electron chi connectivity index (χ0n) is 15.8. The molecule has 2 rings (SSSR count). The number of sulfonamides is 1. The van der Waals surface area contributed by atoms with E-state index in [4.69, 9.17) is 9.47 Å². The van der Waals surface area contributed by atoms with Crippen molar-refractivity contribution in [3.8, 4) is 11.5 Å². The highest BCUT2D eigenvalue weighted by molar-refractivity contribution is 7.89. The van der Waals surface area contributed by atoms with Crippen LogP contribution in [0.25, 0.3) is 0 Å². The van der Waals surface area contributed by atoms with Gasteiger partial charge in [0.05, 0.1) is 24.7 Å². The fourth-order valence-corrected chi connectivity index (χ4v) is 3.98. The summed E-state index contributed by atoms with van der Waals surface area (Å²) in [5, 5.41) is 2.48. The Morgan fingerprint density at radius 1 is 1.07 bits per heavy atom. The normalized spacial score (nSPS) is 12.3. The molecule has 0 aliphatic carbocycles. The van der Waals surface area contributed by atoms with Gasteiger partial charge >= 0.3 is 0 Å². The van der Waals surface area contributed by atoms with Gasteiger partial charge in [-0.25, -0.2) is 13.1 Å². The highest BCUT2D eigenvalue weighted by Crippen LogP contribution is 2.25. The number of carbonyl (C=O) groups is 1. The molecule has 0 aliphatic rings. The van der Waals surface area contributed by atoms with E-state index in [0.717, 1.165) is 5.56 Å². The predicted octanol–water partition coefficient (Wildman–Crippen LogP) is 2.49. The zero-order valence-corrected chi connectivity index (χ0v) is 16.6. The van der Waals surface area contributed by atoms with E-state index in [1.807, 2.05) is 19.1 Å². The minimum Gasteiger partial charge on any atom is -0.497 e. The van der Waals surface area contributed by atoms with Crippen LogP contribution in [0.1, 0.15) is 35.3 Å². The molecular formula is C19H24N2O5S. The summed E-state index contributed by atoms with van der Waals surface area (Å²) in [6.45, 7) is 1.89. The lowest BCUT2D eigenvalue weighted by molar-refractivity contribution is 0.0960. The standard InChI is InChI=1S/C19H24N2O5S/c1-5-17(13-6-8-14(25-3)9-7-13)21-27(23,24)15-10-11-18(26-4)16(12-15)19(22)20-2/h6-12,17,21H,5H2,1-4H3,(H,20,22)/t17-/m0/s1. The van der Waals surface area contributed by atoms with E-state index in [1.54, 1.807) is 19.2 Å². The summed E-state index contributed by atoms with van der Waals surface area (Å²) < 4.78 is 38.7. The Bertz CT molecular complexity index is 895. The first kappa shape index (κ1) is 20.7. The van der Waals surface area contributed by atoms with E-state index in [2.05, 4.69) is 10.0 Å². The number of hydrogen-bond donors (Lipinski definition) is 2. The van der Waals surface area contributed by atoms with E-state index in [1.165, 1.54) is 32.4 Å². The molecule has 2 N–H and O–H groups in total. The number of methoxy groups -OCH3 is 2. The smallest absolute Gasteiger partial charge is 0.254 e. The van der Waals surface area contributed by atoms with Crippen LogP contribution >= 0.6 is 0 Å². The molecule has 8 heteroatoms. The highest BCUT2D eigenvalue weighted by atomic mass is 32.2. The third-order valence-corrected chi connectivity index (χ3v) is 5.65. The van der Waals surface area contributed by atoms with E-state index in [9.17, 15) is 13.2 Å². The number of nitrogens with one attached hydrogen (secondary N) is 2. The molecule has 0 fully saturated rings. The summed E-state index contributed by atoms with van der Waals surface area (Å²) in [5.41, 5.74) is 0.974. The molecular weight excluding hydrogens is 368 g/mol.